The molecule has 0 bridgehead atoms. The van der Waals surface area contributed by atoms with E-state index in [2.05, 4.69) is 15.9 Å². The van der Waals surface area contributed by atoms with Crippen molar-refractivity contribution in [2.45, 2.75) is 19.9 Å². The Hall–Kier alpha value is -0.780. The molecular formula is C14H14BrF2NS. The molecule has 1 aromatic carbocycles. The minimum atomic E-state index is -0.473. The molecule has 1 aromatic heterocycles. The van der Waals surface area contributed by atoms with E-state index in [4.69, 9.17) is 5.73 Å². The van der Waals surface area contributed by atoms with Crippen LogP contribution < -0.4 is 5.73 Å². The highest BCUT2D eigenvalue weighted by atomic mass is 79.9. The van der Waals surface area contributed by atoms with Gasteiger partial charge in [-0.15, -0.1) is 11.3 Å². The summed E-state index contributed by atoms with van der Waals surface area (Å²) in [6.45, 7) is 4.06. The molecule has 0 amide bonds. The van der Waals surface area contributed by atoms with E-state index in [9.17, 15) is 8.78 Å². The second-order valence-electron chi connectivity index (χ2n) is 4.72. The number of rotatable bonds is 3. The summed E-state index contributed by atoms with van der Waals surface area (Å²) >= 11 is 4.37. The predicted octanol–water partition coefficient (Wildman–Crippen LogP) is 5.11. The summed E-state index contributed by atoms with van der Waals surface area (Å²) < 4.78 is 27.5. The summed E-state index contributed by atoms with van der Waals surface area (Å²) in [6, 6.07) is 5.93. The maximum absolute atomic E-state index is 13.9. The van der Waals surface area contributed by atoms with Crippen molar-refractivity contribution in [2.24, 2.45) is 11.7 Å². The fourth-order valence-corrected chi connectivity index (χ4v) is 3.23. The third-order valence-corrected chi connectivity index (χ3v) is 4.78. The summed E-state index contributed by atoms with van der Waals surface area (Å²) in [5.41, 5.74) is 6.33. The van der Waals surface area contributed by atoms with Crippen LogP contribution in [0.3, 0.4) is 0 Å². The van der Waals surface area contributed by atoms with E-state index in [0.717, 1.165) is 10.9 Å². The topological polar surface area (TPSA) is 26.0 Å². The first-order valence-corrected chi connectivity index (χ1v) is 7.51. The number of hydrogen-bond donors (Lipinski definition) is 1. The lowest BCUT2D eigenvalue weighted by Gasteiger charge is -2.12. The third kappa shape index (κ3) is 3.04. The molecule has 0 radical (unpaired) electrons. The number of nitrogens with two attached hydrogens (primary N) is 1. The predicted molar refractivity (Wildman–Crippen MR) is 79.1 cm³/mol. The van der Waals surface area contributed by atoms with Gasteiger partial charge in [-0.2, -0.15) is 0 Å². The van der Waals surface area contributed by atoms with Crippen LogP contribution in [0.2, 0.25) is 0 Å². The van der Waals surface area contributed by atoms with Gasteiger partial charge in [-0.3, -0.25) is 0 Å². The van der Waals surface area contributed by atoms with Gasteiger partial charge < -0.3 is 5.73 Å². The smallest absolute Gasteiger partial charge is 0.138 e. The summed E-state index contributed by atoms with van der Waals surface area (Å²) in [4.78, 5) is 1.67. The third-order valence-electron chi connectivity index (χ3n) is 2.95. The normalized spacial score (nSPS) is 13.0. The zero-order valence-corrected chi connectivity index (χ0v) is 13.0. The van der Waals surface area contributed by atoms with E-state index in [-0.39, 0.29) is 16.1 Å². The Morgan fingerprint density at radius 3 is 2.47 bits per heavy atom. The number of hydrogen-bond acceptors (Lipinski definition) is 2. The van der Waals surface area contributed by atoms with E-state index in [1.807, 2.05) is 19.9 Å². The van der Waals surface area contributed by atoms with Gasteiger partial charge in [-0.1, -0.05) is 13.8 Å². The van der Waals surface area contributed by atoms with E-state index in [1.165, 1.54) is 17.4 Å². The lowest BCUT2D eigenvalue weighted by Crippen LogP contribution is -2.14. The SMILES string of the molecule is CC(C)C(N)c1ccc(-c2cc(F)c(Br)cc2F)s1. The Labute approximate surface area is 123 Å². The Balaban J connectivity index is 2.41. The molecule has 0 aliphatic carbocycles. The van der Waals surface area contributed by atoms with Crippen LogP contribution in [0.1, 0.15) is 24.8 Å². The van der Waals surface area contributed by atoms with Gasteiger partial charge in [0.25, 0.3) is 0 Å². The first kappa shape index (κ1) is 14.6. The van der Waals surface area contributed by atoms with Crippen molar-refractivity contribution in [1.29, 1.82) is 0 Å². The van der Waals surface area contributed by atoms with Crippen molar-refractivity contribution in [3.8, 4) is 10.4 Å². The average Bonchev–Trinajstić information content (AvgIpc) is 2.81. The molecule has 19 heavy (non-hydrogen) atoms. The van der Waals surface area contributed by atoms with Gasteiger partial charge in [0, 0.05) is 21.4 Å². The second kappa shape index (κ2) is 5.69. The van der Waals surface area contributed by atoms with E-state index in [0.29, 0.717) is 10.8 Å². The first-order valence-electron chi connectivity index (χ1n) is 5.90. The maximum Gasteiger partial charge on any atom is 0.138 e. The van der Waals surface area contributed by atoms with E-state index >= 15 is 0 Å². The van der Waals surface area contributed by atoms with Crippen LogP contribution in [0, 0.1) is 17.6 Å². The van der Waals surface area contributed by atoms with Gasteiger partial charge in [0.15, 0.2) is 0 Å². The molecule has 2 rings (SSSR count). The highest BCUT2D eigenvalue weighted by Gasteiger charge is 2.16. The lowest BCUT2D eigenvalue weighted by atomic mass is 10.0. The van der Waals surface area contributed by atoms with Crippen LogP contribution >= 0.6 is 27.3 Å². The van der Waals surface area contributed by atoms with Gasteiger partial charge in [0.2, 0.25) is 0 Å². The number of benzene rings is 1. The number of halogens is 3. The molecule has 1 unspecified atom stereocenters. The van der Waals surface area contributed by atoms with Gasteiger partial charge in [-0.05, 0) is 46.1 Å². The molecule has 102 valence electrons. The molecular weight excluding hydrogens is 332 g/mol. The maximum atomic E-state index is 13.9. The molecule has 2 aromatic rings. The zero-order chi connectivity index (χ0) is 14.2. The minimum Gasteiger partial charge on any atom is -0.323 e. The second-order valence-corrected chi connectivity index (χ2v) is 6.69. The van der Waals surface area contributed by atoms with Crippen molar-refractivity contribution in [1.82, 2.24) is 0 Å². The molecule has 2 N–H and O–H groups in total. The lowest BCUT2D eigenvalue weighted by molar-refractivity contribution is 0.521. The van der Waals surface area contributed by atoms with Crippen molar-refractivity contribution in [3.05, 3.63) is 45.2 Å². The molecule has 1 heterocycles. The zero-order valence-electron chi connectivity index (χ0n) is 10.6. The van der Waals surface area contributed by atoms with Crippen molar-refractivity contribution >= 4 is 27.3 Å². The largest absolute Gasteiger partial charge is 0.323 e. The van der Waals surface area contributed by atoms with Gasteiger partial charge >= 0.3 is 0 Å². The molecule has 0 saturated heterocycles. The standard InChI is InChI=1S/C14H14BrF2NS/c1-7(2)14(18)13-4-3-12(19-13)8-5-11(17)9(15)6-10(8)16/h3-7,14H,18H2,1-2H3. The van der Waals surface area contributed by atoms with Crippen LogP contribution in [0.15, 0.2) is 28.7 Å². The molecule has 0 aliphatic rings. The molecule has 1 atom stereocenters. The number of thiophene rings is 1. The van der Waals surface area contributed by atoms with Gasteiger partial charge in [0.1, 0.15) is 11.6 Å². The van der Waals surface area contributed by atoms with Crippen molar-refractivity contribution < 1.29 is 8.78 Å². The molecule has 1 nitrogen and oxygen atoms in total. The highest BCUT2D eigenvalue weighted by molar-refractivity contribution is 9.10. The molecule has 0 spiro atoms. The fourth-order valence-electron chi connectivity index (χ4n) is 1.72. The minimum absolute atomic E-state index is 0.0814. The quantitative estimate of drug-likeness (QED) is 0.768. The monoisotopic (exact) mass is 345 g/mol. The molecule has 0 aliphatic heterocycles. The van der Waals surface area contributed by atoms with Gasteiger partial charge in [-0.25, -0.2) is 8.78 Å². The highest BCUT2D eigenvalue weighted by Crippen LogP contribution is 2.35. The van der Waals surface area contributed by atoms with Crippen LogP contribution in [-0.4, -0.2) is 0 Å². The van der Waals surface area contributed by atoms with Crippen molar-refractivity contribution in [2.75, 3.05) is 0 Å². The van der Waals surface area contributed by atoms with E-state index < -0.39 is 11.6 Å². The molecule has 0 fully saturated rings. The summed E-state index contributed by atoms with van der Waals surface area (Å²) in [5.74, 6) is -0.614. The average molecular weight is 346 g/mol. The summed E-state index contributed by atoms with van der Waals surface area (Å²) in [7, 11) is 0. The summed E-state index contributed by atoms with van der Waals surface area (Å²) in [5, 5.41) is 0. The Morgan fingerprint density at radius 1 is 1.16 bits per heavy atom. The van der Waals surface area contributed by atoms with Crippen LogP contribution in [0.5, 0.6) is 0 Å². The molecule has 0 saturated carbocycles. The fraction of sp³-hybridized carbons (Fsp3) is 0.286. The van der Waals surface area contributed by atoms with E-state index in [1.54, 1.807) is 6.07 Å². The van der Waals surface area contributed by atoms with Crippen LogP contribution in [0.4, 0.5) is 8.78 Å². The van der Waals surface area contributed by atoms with Gasteiger partial charge in [0.05, 0.1) is 4.47 Å². The first-order chi connectivity index (χ1) is 8.90. The van der Waals surface area contributed by atoms with Crippen molar-refractivity contribution in [3.63, 3.8) is 0 Å². The Morgan fingerprint density at radius 2 is 1.84 bits per heavy atom. The Kier molecular flexibility index (Phi) is 4.38. The summed E-state index contributed by atoms with van der Waals surface area (Å²) in [6.07, 6.45) is 0. The van der Waals surface area contributed by atoms with Crippen LogP contribution in [-0.2, 0) is 0 Å². The molecule has 5 heteroatoms. The Bertz CT molecular complexity index is 595. The van der Waals surface area contributed by atoms with Crippen LogP contribution in [0.25, 0.3) is 10.4 Å².